The maximum Gasteiger partial charge on any atom is 0.315 e. The second kappa shape index (κ2) is 6.59. The summed E-state index contributed by atoms with van der Waals surface area (Å²) < 4.78 is 0. The molecule has 2 amide bonds. The Hall–Kier alpha value is -1.52. The number of carboxylic acids is 1. The molecule has 1 unspecified atom stereocenters. The van der Waals surface area contributed by atoms with Crippen molar-refractivity contribution in [2.75, 3.05) is 6.54 Å². The monoisotopic (exact) mass is 266 g/mol. The van der Waals surface area contributed by atoms with E-state index in [-0.39, 0.29) is 18.0 Å². The van der Waals surface area contributed by atoms with Crippen molar-refractivity contribution in [3.8, 4) is 0 Å². The maximum absolute atomic E-state index is 11.7. The molecule has 3 atom stereocenters. The van der Waals surface area contributed by atoms with Crippen LogP contribution in [0.15, 0.2) is 12.2 Å². The van der Waals surface area contributed by atoms with E-state index in [9.17, 15) is 9.59 Å². The van der Waals surface area contributed by atoms with Crippen molar-refractivity contribution in [1.82, 2.24) is 10.6 Å². The number of rotatable bonds is 4. The molecule has 0 bridgehead atoms. The van der Waals surface area contributed by atoms with Gasteiger partial charge in [0.05, 0.1) is 5.92 Å². The minimum atomic E-state index is -0.751. The Morgan fingerprint density at radius 1 is 1.21 bits per heavy atom. The molecular formula is C14H22N2O3. The van der Waals surface area contributed by atoms with Crippen molar-refractivity contribution in [3.05, 3.63) is 12.2 Å². The first-order valence-corrected chi connectivity index (χ1v) is 7.07. The Labute approximate surface area is 113 Å². The van der Waals surface area contributed by atoms with E-state index in [0.717, 1.165) is 25.7 Å². The first-order chi connectivity index (χ1) is 9.15. The van der Waals surface area contributed by atoms with E-state index in [0.29, 0.717) is 25.3 Å². The Morgan fingerprint density at radius 2 is 2.05 bits per heavy atom. The first kappa shape index (κ1) is 13.9. The van der Waals surface area contributed by atoms with E-state index in [2.05, 4.69) is 22.8 Å². The predicted octanol–water partition coefficient (Wildman–Crippen LogP) is 1.90. The van der Waals surface area contributed by atoms with Crippen molar-refractivity contribution in [2.24, 2.45) is 11.8 Å². The highest BCUT2D eigenvalue weighted by atomic mass is 16.4. The minimum Gasteiger partial charge on any atom is -0.481 e. The van der Waals surface area contributed by atoms with Gasteiger partial charge in [-0.05, 0) is 44.4 Å². The predicted molar refractivity (Wildman–Crippen MR) is 71.8 cm³/mol. The summed E-state index contributed by atoms with van der Waals surface area (Å²) in [6, 6.07) is -0.155. The number of hydrogen-bond donors (Lipinski definition) is 3. The molecule has 1 fully saturated rings. The Bertz CT molecular complexity index is 368. The highest BCUT2D eigenvalue weighted by Gasteiger charge is 2.30. The van der Waals surface area contributed by atoms with Crippen LogP contribution in [0.1, 0.15) is 38.5 Å². The lowest BCUT2D eigenvalue weighted by Gasteiger charge is -2.19. The third kappa shape index (κ3) is 4.26. The summed E-state index contributed by atoms with van der Waals surface area (Å²) >= 11 is 0. The molecule has 2 aliphatic carbocycles. The first-order valence-electron chi connectivity index (χ1n) is 7.07. The average Bonchev–Trinajstić information content (AvgIpc) is 2.86. The summed E-state index contributed by atoms with van der Waals surface area (Å²) in [6.45, 7) is 0.700. The fourth-order valence-corrected chi connectivity index (χ4v) is 2.85. The molecule has 1 saturated carbocycles. The van der Waals surface area contributed by atoms with Gasteiger partial charge in [0.2, 0.25) is 0 Å². The molecule has 0 spiro atoms. The molecule has 0 saturated heterocycles. The van der Waals surface area contributed by atoms with Gasteiger partial charge in [-0.2, -0.15) is 0 Å². The van der Waals surface area contributed by atoms with Gasteiger partial charge >= 0.3 is 12.0 Å². The standard InChI is InChI=1S/C14H22N2O3/c17-13(18)11-6-7-12(8-11)16-14(19)15-9-10-4-2-1-3-5-10/h1-2,10-12H,3-9H2,(H,17,18)(H2,15,16,19)/t10?,11-,12+/m1/s1. The van der Waals surface area contributed by atoms with E-state index in [1.165, 1.54) is 0 Å². The van der Waals surface area contributed by atoms with E-state index >= 15 is 0 Å². The molecule has 0 radical (unpaired) electrons. The number of nitrogens with one attached hydrogen (secondary N) is 2. The largest absolute Gasteiger partial charge is 0.481 e. The number of amides is 2. The van der Waals surface area contributed by atoms with E-state index < -0.39 is 5.97 Å². The van der Waals surface area contributed by atoms with Crippen molar-refractivity contribution >= 4 is 12.0 Å². The number of carbonyl (C=O) groups excluding carboxylic acids is 1. The number of carbonyl (C=O) groups is 2. The third-order valence-electron chi connectivity index (χ3n) is 4.05. The van der Waals surface area contributed by atoms with E-state index in [1.54, 1.807) is 0 Å². The minimum absolute atomic E-state index is 0.00681. The summed E-state index contributed by atoms with van der Waals surface area (Å²) in [6.07, 6.45) is 9.57. The van der Waals surface area contributed by atoms with Gasteiger partial charge < -0.3 is 15.7 Å². The number of hydrogen-bond acceptors (Lipinski definition) is 2. The molecule has 19 heavy (non-hydrogen) atoms. The summed E-state index contributed by atoms with van der Waals surface area (Å²) in [4.78, 5) is 22.6. The average molecular weight is 266 g/mol. The van der Waals surface area contributed by atoms with Crippen LogP contribution in [0, 0.1) is 11.8 Å². The van der Waals surface area contributed by atoms with Crippen molar-refractivity contribution in [1.29, 1.82) is 0 Å². The molecule has 5 nitrogen and oxygen atoms in total. The molecule has 0 aromatic heterocycles. The molecule has 2 rings (SSSR count). The molecular weight excluding hydrogens is 244 g/mol. The quantitative estimate of drug-likeness (QED) is 0.680. The Kier molecular flexibility index (Phi) is 4.82. The van der Waals surface area contributed by atoms with Crippen LogP contribution in [0.3, 0.4) is 0 Å². The zero-order chi connectivity index (χ0) is 13.7. The number of allylic oxidation sites excluding steroid dienone is 2. The van der Waals surface area contributed by atoms with Crippen molar-refractivity contribution in [2.45, 2.75) is 44.6 Å². The van der Waals surface area contributed by atoms with Crippen molar-refractivity contribution in [3.63, 3.8) is 0 Å². The zero-order valence-electron chi connectivity index (χ0n) is 11.1. The number of aliphatic carboxylic acids is 1. The summed E-state index contributed by atoms with van der Waals surface area (Å²) in [5.74, 6) is -0.515. The lowest BCUT2D eigenvalue weighted by atomic mass is 9.94. The second-order valence-corrected chi connectivity index (χ2v) is 5.55. The Morgan fingerprint density at radius 3 is 2.68 bits per heavy atom. The van der Waals surface area contributed by atoms with Crippen LogP contribution in [0.2, 0.25) is 0 Å². The number of urea groups is 1. The van der Waals surface area contributed by atoms with Gasteiger partial charge in [0, 0.05) is 12.6 Å². The van der Waals surface area contributed by atoms with Crippen LogP contribution >= 0.6 is 0 Å². The van der Waals surface area contributed by atoms with Crippen molar-refractivity contribution < 1.29 is 14.7 Å². The van der Waals surface area contributed by atoms with Crippen LogP contribution in [0.4, 0.5) is 4.79 Å². The zero-order valence-corrected chi connectivity index (χ0v) is 11.1. The van der Waals surface area contributed by atoms with Gasteiger partial charge in [-0.15, -0.1) is 0 Å². The van der Waals surface area contributed by atoms with Gasteiger partial charge in [0.25, 0.3) is 0 Å². The smallest absolute Gasteiger partial charge is 0.315 e. The molecule has 106 valence electrons. The fourth-order valence-electron chi connectivity index (χ4n) is 2.85. The van der Waals surface area contributed by atoms with Gasteiger partial charge in [-0.25, -0.2) is 4.79 Å². The van der Waals surface area contributed by atoms with Gasteiger partial charge in [-0.3, -0.25) is 4.79 Å². The molecule has 0 aromatic carbocycles. The molecule has 3 N–H and O–H groups in total. The van der Waals surface area contributed by atoms with Gasteiger partial charge in [0.15, 0.2) is 0 Å². The molecule has 0 aromatic rings. The van der Waals surface area contributed by atoms with E-state index in [4.69, 9.17) is 5.11 Å². The van der Waals surface area contributed by atoms with Crippen LogP contribution < -0.4 is 10.6 Å². The van der Waals surface area contributed by atoms with Gasteiger partial charge in [0.1, 0.15) is 0 Å². The van der Waals surface area contributed by atoms with Crippen LogP contribution in [-0.4, -0.2) is 29.7 Å². The van der Waals surface area contributed by atoms with Crippen LogP contribution in [0.25, 0.3) is 0 Å². The molecule has 5 heteroatoms. The fraction of sp³-hybridized carbons (Fsp3) is 0.714. The lowest BCUT2D eigenvalue weighted by molar-refractivity contribution is -0.141. The van der Waals surface area contributed by atoms with Crippen LogP contribution in [0.5, 0.6) is 0 Å². The topological polar surface area (TPSA) is 78.4 Å². The molecule has 0 heterocycles. The molecule has 0 aliphatic heterocycles. The van der Waals surface area contributed by atoms with E-state index in [1.807, 2.05) is 0 Å². The third-order valence-corrected chi connectivity index (χ3v) is 4.05. The second-order valence-electron chi connectivity index (χ2n) is 5.55. The van der Waals surface area contributed by atoms with Gasteiger partial charge in [-0.1, -0.05) is 12.2 Å². The highest BCUT2D eigenvalue weighted by Crippen LogP contribution is 2.25. The highest BCUT2D eigenvalue weighted by molar-refractivity contribution is 5.75. The lowest BCUT2D eigenvalue weighted by Crippen LogP contribution is -2.43. The van der Waals surface area contributed by atoms with Crippen LogP contribution in [-0.2, 0) is 4.79 Å². The summed E-state index contributed by atoms with van der Waals surface area (Å²) in [5.41, 5.74) is 0. The Balaban J connectivity index is 1.64. The molecule has 2 aliphatic rings. The maximum atomic E-state index is 11.7. The summed E-state index contributed by atoms with van der Waals surface area (Å²) in [5, 5.41) is 14.7. The number of carboxylic acid groups (broad SMARTS) is 1. The normalized spacial score (nSPS) is 30.0. The SMILES string of the molecule is O=C(NCC1CC=CCC1)N[C@H]1CC[C@@H](C(=O)O)C1. The summed E-state index contributed by atoms with van der Waals surface area (Å²) in [7, 11) is 0.